The molecule has 0 spiro atoms. The number of rotatable bonds is 2. The highest BCUT2D eigenvalue weighted by atomic mass is 79.9. The Morgan fingerprint density at radius 1 is 1.08 bits per heavy atom. The van der Waals surface area contributed by atoms with Gasteiger partial charge in [0.05, 0.1) is 5.33 Å². The van der Waals surface area contributed by atoms with Crippen LogP contribution in [0.4, 0.5) is 26.3 Å². The lowest BCUT2D eigenvalue weighted by atomic mass is 10.0. The fourth-order valence-electron chi connectivity index (χ4n) is 0.628. The summed E-state index contributed by atoms with van der Waals surface area (Å²) in [5.74, 6) is -5.83. The first-order valence-corrected chi connectivity index (χ1v) is 3.95. The van der Waals surface area contributed by atoms with Crippen LogP contribution >= 0.6 is 15.9 Å². The second kappa shape index (κ2) is 3.85. The summed E-state index contributed by atoms with van der Waals surface area (Å²) in [5, 5.41) is -0.976. The van der Waals surface area contributed by atoms with Crippen molar-refractivity contribution in [2.75, 3.05) is 5.33 Å². The highest BCUT2D eigenvalue weighted by Gasteiger charge is 2.60. The third-order valence-electron chi connectivity index (χ3n) is 1.11. The van der Waals surface area contributed by atoms with Gasteiger partial charge in [0.15, 0.2) is 5.78 Å². The molecule has 0 aliphatic carbocycles. The standard InChI is InChI=1S/C5H3BrF6O/c6-1-2(13)3(4(7,8)9)5(10,11)12/h3H,1H2. The molecule has 0 N–H and O–H groups in total. The Morgan fingerprint density at radius 3 is 1.46 bits per heavy atom. The molecule has 0 amide bonds. The van der Waals surface area contributed by atoms with Crippen molar-refractivity contribution >= 4 is 21.7 Å². The smallest absolute Gasteiger partial charge is 0.298 e. The summed E-state index contributed by atoms with van der Waals surface area (Å²) in [4.78, 5) is 10.3. The minimum absolute atomic E-state index is 0.976. The summed E-state index contributed by atoms with van der Waals surface area (Å²) in [6, 6.07) is 0. The molecule has 0 aromatic heterocycles. The summed E-state index contributed by atoms with van der Waals surface area (Å²) >= 11 is 2.25. The summed E-state index contributed by atoms with van der Waals surface area (Å²) in [6.45, 7) is 0. The minimum atomic E-state index is -5.58. The Hall–Kier alpha value is -0.270. The van der Waals surface area contributed by atoms with Crippen molar-refractivity contribution in [2.45, 2.75) is 12.4 Å². The van der Waals surface area contributed by atoms with E-state index in [0.717, 1.165) is 0 Å². The average molecular weight is 273 g/mol. The van der Waals surface area contributed by atoms with Crippen LogP contribution in [0.1, 0.15) is 0 Å². The molecule has 0 heterocycles. The molecule has 0 fully saturated rings. The fraction of sp³-hybridized carbons (Fsp3) is 0.800. The molecule has 0 saturated heterocycles. The molecule has 78 valence electrons. The number of ketones is 1. The number of Topliss-reactive ketones (excluding diaryl/α,β-unsaturated/α-hetero) is 1. The molecule has 0 aromatic carbocycles. The van der Waals surface area contributed by atoms with Gasteiger partial charge in [-0.1, -0.05) is 15.9 Å². The van der Waals surface area contributed by atoms with Crippen LogP contribution in [-0.4, -0.2) is 23.5 Å². The van der Waals surface area contributed by atoms with E-state index in [0.29, 0.717) is 0 Å². The van der Waals surface area contributed by atoms with Crippen LogP contribution in [0.3, 0.4) is 0 Å². The van der Waals surface area contributed by atoms with Crippen LogP contribution in [0.25, 0.3) is 0 Å². The lowest BCUT2D eigenvalue weighted by Crippen LogP contribution is -2.42. The van der Waals surface area contributed by atoms with Crippen LogP contribution in [0.2, 0.25) is 0 Å². The van der Waals surface area contributed by atoms with E-state index in [1.807, 2.05) is 0 Å². The highest BCUT2D eigenvalue weighted by Crippen LogP contribution is 2.39. The van der Waals surface area contributed by atoms with E-state index in [1.54, 1.807) is 0 Å². The molecule has 0 atom stereocenters. The first-order valence-electron chi connectivity index (χ1n) is 2.82. The van der Waals surface area contributed by atoms with Crippen molar-refractivity contribution in [3.63, 3.8) is 0 Å². The van der Waals surface area contributed by atoms with Gasteiger partial charge >= 0.3 is 12.4 Å². The Kier molecular flexibility index (Phi) is 3.77. The van der Waals surface area contributed by atoms with Gasteiger partial charge in [0.1, 0.15) is 0 Å². The lowest BCUT2D eigenvalue weighted by Gasteiger charge is -2.20. The normalized spacial score (nSPS) is 13.5. The molecule has 13 heavy (non-hydrogen) atoms. The number of carbonyl (C=O) groups excluding carboxylic acids is 1. The number of halogens is 7. The predicted molar refractivity (Wildman–Crippen MR) is 34.4 cm³/mol. The number of carbonyl (C=O) groups is 1. The van der Waals surface area contributed by atoms with Crippen molar-refractivity contribution in [1.29, 1.82) is 0 Å². The zero-order valence-electron chi connectivity index (χ0n) is 5.84. The van der Waals surface area contributed by atoms with Crippen LogP contribution < -0.4 is 0 Å². The zero-order chi connectivity index (χ0) is 10.9. The Balaban J connectivity index is 4.89. The van der Waals surface area contributed by atoms with E-state index in [1.165, 1.54) is 0 Å². The maximum absolute atomic E-state index is 11.7. The van der Waals surface area contributed by atoms with E-state index in [9.17, 15) is 31.1 Å². The third kappa shape index (κ3) is 3.53. The molecular weight excluding hydrogens is 270 g/mol. The molecule has 0 unspecified atom stereocenters. The van der Waals surface area contributed by atoms with Gasteiger partial charge < -0.3 is 0 Å². The number of hydrogen-bond donors (Lipinski definition) is 0. The van der Waals surface area contributed by atoms with E-state index in [-0.39, 0.29) is 0 Å². The largest absolute Gasteiger partial charge is 0.407 e. The van der Waals surface area contributed by atoms with Gasteiger partial charge in [-0.15, -0.1) is 0 Å². The second-order valence-electron chi connectivity index (χ2n) is 2.12. The first kappa shape index (κ1) is 12.7. The summed E-state index contributed by atoms with van der Waals surface area (Å²) < 4.78 is 70.2. The quantitative estimate of drug-likeness (QED) is 0.558. The molecule has 0 saturated carbocycles. The molecule has 0 radical (unpaired) electrons. The first-order chi connectivity index (χ1) is 5.60. The predicted octanol–water partition coefficient (Wildman–Crippen LogP) is 2.69. The fourth-order valence-corrected chi connectivity index (χ4v) is 0.952. The Bertz CT molecular complexity index is 180. The summed E-state index contributed by atoms with van der Waals surface area (Å²) in [6.07, 6.45) is -11.2. The SMILES string of the molecule is O=C(CBr)C(C(F)(F)F)C(F)(F)F. The topological polar surface area (TPSA) is 17.1 Å². The molecular formula is C5H3BrF6O. The van der Waals surface area contributed by atoms with Crippen molar-refractivity contribution in [1.82, 2.24) is 0 Å². The minimum Gasteiger partial charge on any atom is -0.298 e. The van der Waals surface area contributed by atoms with Gasteiger partial charge in [-0.25, -0.2) is 0 Å². The van der Waals surface area contributed by atoms with E-state index < -0.39 is 29.4 Å². The summed E-state index contributed by atoms with van der Waals surface area (Å²) in [7, 11) is 0. The molecule has 0 aliphatic heterocycles. The number of alkyl halides is 7. The molecule has 0 aliphatic rings. The highest BCUT2D eigenvalue weighted by molar-refractivity contribution is 9.09. The van der Waals surface area contributed by atoms with E-state index in [2.05, 4.69) is 15.9 Å². The van der Waals surface area contributed by atoms with Crippen LogP contribution in [0.5, 0.6) is 0 Å². The van der Waals surface area contributed by atoms with Gasteiger partial charge in [-0.05, 0) is 0 Å². The van der Waals surface area contributed by atoms with Crippen molar-refractivity contribution < 1.29 is 31.1 Å². The zero-order valence-corrected chi connectivity index (χ0v) is 7.42. The lowest BCUT2D eigenvalue weighted by molar-refractivity contribution is -0.272. The monoisotopic (exact) mass is 272 g/mol. The Morgan fingerprint density at radius 2 is 1.38 bits per heavy atom. The van der Waals surface area contributed by atoms with Crippen LogP contribution in [-0.2, 0) is 4.79 Å². The molecule has 1 nitrogen and oxygen atoms in total. The molecule has 0 aromatic rings. The molecule has 0 rings (SSSR count). The van der Waals surface area contributed by atoms with Crippen LogP contribution in [0.15, 0.2) is 0 Å². The maximum Gasteiger partial charge on any atom is 0.407 e. The summed E-state index contributed by atoms with van der Waals surface area (Å²) in [5.41, 5.74) is 0. The Labute approximate surface area is 77.2 Å². The number of hydrogen-bond acceptors (Lipinski definition) is 1. The maximum atomic E-state index is 11.7. The van der Waals surface area contributed by atoms with E-state index in [4.69, 9.17) is 0 Å². The molecule has 8 heteroatoms. The van der Waals surface area contributed by atoms with Crippen molar-refractivity contribution in [2.24, 2.45) is 5.92 Å². The van der Waals surface area contributed by atoms with Crippen molar-refractivity contribution in [3.8, 4) is 0 Å². The third-order valence-corrected chi connectivity index (χ3v) is 1.66. The van der Waals surface area contributed by atoms with Gasteiger partial charge in [-0.3, -0.25) is 4.79 Å². The van der Waals surface area contributed by atoms with Crippen molar-refractivity contribution in [3.05, 3.63) is 0 Å². The van der Waals surface area contributed by atoms with Gasteiger partial charge in [0.25, 0.3) is 0 Å². The average Bonchev–Trinajstić information content (AvgIpc) is 1.80. The van der Waals surface area contributed by atoms with Gasteiger partial charge in [0, 0.05) is 0 Å². The molecule has 0 bridgehead atoms. The second-order valence-corrected chi connectivity index (χ2v) is 2.68. The van der Waals surface area contributed by atoms with E-state index >= 15 is 0 Å². The van der Waals surface area contributed by atoms with Gasteiger partial charge in [-0.2, -0.15) is 26.3 Å². The van der Waals surface area contributed by atoms with Crippen LogP contribution in [0, 0.1) is 5.92 Å². The van der Waals surface area contributed by atoms with Gasteiger partial charge in [0.2, 0.25) is 5.92 Å².